The fourth-order valence-corrected chi connectivity index (χ4v) is 3.31. The van der Waals surface area contributed by atoms with Crippen molar-refractivity contribution in [2.45, 2.75) is 51.6 Å². The predicted molar refractivity (Wildman–Crippen MR) is 69.6 cm³/mol. The highest BCUT2D eigenvalue weighted by Gasteiger charge is 2.40. The van der Waals surface area contributed by atoms with Gasteiger partial charge < -0.3 is 9.84 Å². The second-order valence-corrected chi connectivity index (χ2v) is 5.92. The third-order valence-electron chi connectivity index (χ3n) is 4.37. The number of rotatable bonds is 3. The van der Waals surface area contributed by atoms with Crippen LogP contribution in [0.25, 0.3) is 0 Å². The van der Waals surface area contributed by atoms with Crippen LogP contribution < -0.4 is 0 Å². The lowest BCUT2D eigenvalue weighted by molar-refractivity contribution is -0.152. The zero-order valence-electron chi connectivity index (χ0n) is 11.4. The maximum atomic E-state index is 11.7. The molecule has 0 bridgehead atoms. The Labute approximate surface area is 109 Å². The smallest absolute Gasteiger partial charge is 0.310 e. The van der Waals surface area contributed by atoms with Gasteiger partial charge in [-0.15, -0.1) is 0 Å². The van der Waals surface area contributed by atoms with Gasteiger partial charge >= 0.3 is 5.97 Å². The van der Waals surface area contributed by atoms with E-state index >= 15 is 0 Å². The summed E-state index contributed by atoms with van der Waals surface area (Å²) in [7, 11) is 0. The van der Waals surface area contributed by atoms with Crippen LogP contribution in [-0.4, -0.2) is 48.3 Å². The van der Waals surface area contributed by atoms with Crippen LogP contribution >= 0.6 is 0 Å². The average Bonchev–Trinajstić information content (AvgIpc) is 2.55. The van der Waals surface area contributed by atoms with E-state index in [4.69, 9.17) is 4.74 Å². The molecule has 0 amide bonds. The Hall–Kier alpha value is -0.610. The summed E-state index contributed by atoms with van der Waals surface area (Å²) in [6, 6.07) is 0. The van der Waals surface area contributed by atoms with Gasteiger partial charge in [-0.2, -0.15) is 0 Å². The fraction of sp³-hybridized carbons (Fsp3) is 0.929. The normalized spacial score (nSPS) is 29.7. The summed E-state index contributed by atoms with van der Waals surface area (Å²) >= 11 is 0. The van der Waals surface area contributed by atoms with Crippen LogP contribution in [0.15, 0.2) is 0 Å². The summed E-state index contributed by atoms with van der Waals surface area (Å²) in [5.41, 5.74) is -0.506. The van der Waals surface area contributed by atoms with Crippen molar-refractivity contribution in [3.63, 3.8) is 0 Å². The Bertz CT molecular complexity index is 285. The molecule has 4 nitrogen and oxygen atoms in total. The molecule has 104 valence electrons. The second-order valence-electron chi connectivity index (χ2n) is 5.92. The summed E-state index contributed by atoms with van der Waals surface area (Å²) in [5.74, 6) is -0.594. The van der Waals surface area contributed by atoms with Crippen LogP contribution in [0.4, 0.5) is 0 Å². The number of carboxylic acid groups (broad SMARTS) is 1. The number of hydrogen-bond donors (Lipinski definition) is 1. The van der Waals surface area contributed by atoms with Crippen molar-refractivity contribution < 1.29 is 14.6 Å². The molecule has 0 radical (unpaired) electrons. The van der Waals surface area contributed by atoms with E-state index in [1.165, 1.54) is 12.8 Å². The minimum Gasteiger partial charge on any atom is -0.481 e. The van der Waals surface area contributed by atoms with Crippen LogP contribution in [0.2, 0.25) is 0 Å². The van der Waals surface area contributed by atoms with E-state index in [0.717, 1.165) is 45.4 Å². The first-order chi connectivity index (χ1) is 8.62. The Kier molecular flexibility index (Phi) is 4.62. The summed E-state index contributed by atoms with van der Waals surface area (Å²) in [6.45, 7) is 5.24. The third kappa shape index (κ3) is 3.23. The summed E-state index contributed by atoms with van der Waals surface area (Å²) in [5, 5.41) is 9.65. The van der Waals surface area contributed by atoms with E-state index in [1.807, 2.05) is 0 Å². The summed E-state index contributed by atoms with van der Waals surface area (Å²) in [6.07, 6.45) is 6.42. The molecule has 18 heavy (non-hydrogen) atoms. The van der Waals surface area contributed by atoms with Crippen LogP contribution in [0.3, 0.4) is 0 Å². The SMILES string of the molecule is CC1CN(CC2(C(=O)O)CCCCCC2)CCO1. The Morgan fingerprint density at radius 1 is 1.33 bits per heavy atom. The second kappa shape index (κ2) is 6.02. The molecule has 1 saturated carbocycles. The van der Waals surface area contributed by atoms with Crippen molar-refractivity contribution in [2.24, 2.45) is 5.41 Å². The lowest BCUT2D eigenvalue weighted by Crippen LogP contribution is -2.49. The number of carboxylic acids is 1. The maximum absolute atomic E-state index is 11.7. The molecule has 1 unspecified atom stereocenters. The van der Waals surface area contributed by atoms with E-state index in [1.54, 1.807) is 0 Å². The highest BCUT2D eigenvalue weighted by atomic mass is 16.5. The lowest BCUT2D eigenvalue weighted by atomic mass is 9.79. The molecular formula is C14H25NO3. The van der Waals surface area contributed by atoms with Gasteiger partial charge in [-0.1, -0.05) is 25.7 Å². The molecule has 0 aromatic carbocycles. The van der Waals surface area contributed by atoms with Gasteiger partial charge in [0.15, 0.2) is 0 Å². The van der Waals surface area contributed by atoms with Gasteiger partial charge in [0.25, 0.3) is 0 Å². The molecule has 2 aliphatic rings. The minimum atomic E-state index is -0.594. The molecule has 0 aromatic rings. The maximum Gasteiger partial charge on any atom is 0.310 e. The van der Waals surface area contributed by atoms with Crippen molar-refractivity contribution >= 4 is 5.97 Å². The number of aliphatic carboxylic acids is 1. The van der Waals surface area contributed by atoms with Crippen molar-refractivity contribution in [2.75, 3.05) is 26.2 Å². The van der Waals surface area contributed by atoms with E-state index < -0.39 is 11.4 Å². The molecule has 4 heteroatoms. The third-order valence-corrected chi connectivity index (χ3v) is 4.37. The molecule has 2 fully saturated rings. The highest BCUT2D eigenvalue weighted by Crippen LogP contribution is 2.36. The van der Waals surface area contributed by atoms with E-state index in [9.17, 15) is 9.90 Å². The van der Waals surface area contributed by atoms with Gasteiger partial charge in [0.05, 0.1) is 18.1 Å². The first kappa shape index (κ1) is 13.8. The van der Waals surface area contributed by atoms with E-state index in [2.05, 4.69) is 11.8 Å². The standard InChI is InChI=1S/C14H25NO3/c1-12-10-15(8-9-18-12)11-14(13(16)17)6-4-2-3-5-7-14/h12H,2-11H2,1H3,(H,16,17). The monoisotopic (exact) mass is 255 g/mol. The topological polar surface area (TPSA) is 49.8 Å². The molecule has 1 atom stereocenters. The predicted octanol–water partition coefficient (Wildman–Crippen LogP) is 2.13. The first-order valence-electron chi connectivity index (χ1n) is 7.20. The van der Waals surface area contributed by atoms with Gasteiger partial charge in [0, 0.05) is 19.6 Å². The molecule has 1 aliphatic carbocycles. The van der Waals surface area contributed by atoms with Crippen LogP contribution in [0, 0.1) is 5.41 Å². The molecule has 1 N–H and O–H groups in total. The Balaban J connectivity index is 2.02. The van der Waals surface area contributed by atoms with Crippen LogP contribution in [0.1, 0.15) is 45.4 Å². The Morgan fingerprint density at radius 2 is 2.00 bits per heavy atom. The van der Waals surface area contributed by atoms with Gasteiger partial charge in [0.2, 0.25) is 0 Å². The molecule has 1 saturated heterocycles. The van der Waals surface area contributed by atoms with E-state index in [-0.39, 0.29) is 6.10 Å². The highest BCUT2D eigenvalue weighted by molar-refractivity contribution is 5.75. The summed E-state index contributed by atoms with van der Waals surface area (Å²) in [4.78, 5) is 14.0. The first-order valence-corrected chi connectivity index (χ1v) is 7.20. The molecule has 0 spiro atoms. The minimum absolute atomic E-state index is 0.232. The van der Waals surface area contributed by atoms with Crippen molar-refractivity contribution in [3.05, 3.63) is 0 Å². The van der Waals surface area contributed by atoms with Gasteiger partial charge in [0.1, 0.15) is 0 Å². The molecule has 1 aliphatic heterocycles. The van der Waals surface area contributed by atoms with Crippen molar-refractivity contribution in [3.8, 4) is 0 Å². The number of morpholine rings is 1. The average molecular weight is 255 g/mol. The molecule has 0 aromatic heterocycles. The molecule has 1 heterocycles. The number of ether oxygens (including phenoxy) is 1. The Morgan fingerprint density at radius 3 is 2.56 bits per heavy atom. The zero-order chi connectivity index (χ0) is 13.0. The van der Waals surface area contributed by atoms with Crippen molar-refractivity contribution in [1.29, 1.82) is 0 Å². The van der Waals surface area contributed by atoms with Gasteiger partial charge in [-0.3, -0.25) is 9.69 Å². The molecular weight excluding hydrogens is 230 g/mol. The van der Waals surface area contributed by atoms with Gasteiger partial charge in [-0.05, 0) is 19.8 Å². The van der Waals surface area contributed by atoms with Crippen LogP contribution in [0.5, 0.6) is 0 Å². The number of nitrogens with zero attached hydrogens (tertiary/aromatic N) is 1. The largest absolute Gasteiger partial charge is 0.481 e. The number of carbonyl (C=O) groups is 1. The fourth-order valence-electron chi connectivity index (χ4n) is 3.31. The van der Waals surface area contributed by atoms with E-state index in [0.29, 0.717) is 6.54 Å². The van der Waals surface area contributed by atoms with Crippen LogP contribution in [-0.2, 0) is 9.53 Å². The lowest BCUT2D eigenvalue weighted by Gasteiger charge is -2.38. The van der Waals surface area contributed by atoms with Gasteiger partial charge in [-0.25, -0.2) is 0 Å². The number of hydrogen-bond acceptors (Lipinski definition) is 3. The summed E-state index contributed by atoms with van der Waals surface area (Å²) < 4.78 is 5.53. The van der Waals surface area contributed by atoms with Crippen molar-refractivity contribution in [1.82, 2.24) is 4.90 Å². The zero-order valence-corrected chi connectivity index (χ0v) is 11.4. The quantitative estimate of drug-likeness (QED) is 0.785. The molecule has 2 rings (SSSR count).